The first kappa shape index (κ1) is 11.5. The number of anilines is 1. The van der Waals surface area contributed by atoms with Crippen LogP contribution in [-0.2, 0) is 0 Å². The van der Waals surface area contributed by atoms with Crippen molar-refractivity contribution in [3.05, 3.63) is 35.9 Å². The summed E-state index contributed by atoms with van der Waals surface area (Å²) in [5.41, 5.74) is 2.37. The molecule has 2 N–H and O–H groups in total. The van der Waals surface area contributed by atoms with E-state index >= 15 is 0 Å². The van der Waals surface area contributed by atoms with Gasteiger partial charge in [-0.15, -0.1) is 0 Å². The summed E-state index contributed by atoms with van der Waals surface area (Å²) in [7, 11) is 0. The Morgan fingerprint density at radius 1 is 1.22 bits per heavy atom. The molecule has 2 heterocycles. The third-order valence-electron chi connectivity index (χ3n) is 3.61. The third kappa shape index (κ3) is 2.31. The Labute approximate surface area is 108 Å². The fraction of sp³-hybridized carbons (Fsp3) is 0.400. The van der Waals surface area contributed by atoms with Gasteiger partial charge in [-0.2, -0.15) is 0 Å². The SMILES string of the molecule is Cc1cc(NC2CCNCC2)nc2ccccc12. The minimum atomic E-state index is 0.555. The molecule has 2 aromatic rings. The van der Waals surface area contributed by atoms with E-state index in [-0.39, 0.29) is 0 Å². The van der Waals surface area contributed by atoms with Gasteiger partial charge in [-0.1, -0.05) is 18.2 Å². The molecule has 1 aliphatic heterocycles. The van der Waals surface area contributed by atoms with Crippen molar-refractivity contribution < 1.29 is 0 Å². The zero-order valence-corrected chi connectivity index (χ0v) is 10.7. The number of piperidine rings is 1. The maximum Gasteiger partial charge on any atom is 0.127 e. The molecule has 0 atom stereocenters. The molecule has 0 amide bonds. The number of hydrogen-bond donors (Lipinski definition) is 2. The molecule has 0 unspecified atom stereocenters. The standard InChI is InChI=1S/C15H19N3/c1-11-10-15(17-12-6-8-16-9-7-12)18-14-5-3-2-4-13(11)14/h2-5,10,12,16H,6-9H2,1H3,(H,17,18). The van der Waals surface area contributed by atoms with E-state index in [1.54, 1.807) is 0 Å². The Hall–Kier alpha value is -1.61. The number of benzene rings is 1. The summed E-state index contributed by atoms with van der Waals surface area (Å²) < 4.78 is 0. The van der Waals surface area contributed by atoms with Gasteiger partial charge in [-0.25, -0.2) is 4.98 Å². The number of nitrogens with one attached hydrogen (secondary N) is 2. The van der Waals surface area contributed by atoms with Crippen molar-refractivity contribution in [3.63, 3.8) is 0 Å². The molecular weight excluding hydrogens is 222 g/mol. The maximum atomic E-state index is 4.70. The van der Waals surface area contributed by atoms with E-state index < -0.39 is 0 Å². The van der Waals surface area contributed by atoms with Gasteiger partial charge in [0, 0.05) is 11.4 Å². The molecule has 0 aliphatic carbocycles. The summed E-state index contributed by atoms with van der Waals surface area (Å²) in [6, 6.07) is 11.0. The summed E-state index contributed by atoms with van der Waals surface area (Å²) >= 11 is 0. The van der Waals surface area contributed by atoms with Gasteiger partial charge in [-0.3, -0.25) is 0 Å². The highest BCUT2D eigenvalue weighted by atomic mass is 15.0. The number of rotatable bonds is 2. The second-order valence-corrected chi connectivity index (χ2v) is 5.01. The highest BCUT2D eigenvalue weighted by Gasteiger charge is 2.13. The molecule has 1 aromatic carbocycles. The van der Waals surface area contributed by atoms with Crippen LogP contribution in [0.4, 0.5) is 5.82 Å². The number of para-hydroxylation sites is 1. The predicted molar refractivity (Wildman–Crippen MR) is 76.0 cm³/mol. The number of fused-ring (bicyclic) bond motifs is 1. The molecule has 0 spiro atoms. The Bertz CT molecular complexity index is 544. The van der Waals surface area contributed by atoms with Gasteiger partial charge in [0.2, 0.25) is 0 Å². The minimum absolute atomic E-state index is 0.555. The topological polar surface area (TPSA) is 37.0 Å². The molecule has 18 heavy (non-hydrogen) atoms. The molecule has 94 valence electrons. The van der Waals surface area contributed by atoms with Crippen molar-refractivity contribution in [3.8, 4) is 0 Å². The van der Waals surface area contributed by atoms with Crippen molar-refractivity contribution in [2.45, 2.75) is 25.8 Å². The lowest BCUT2D eigenvalue weighted by molar-refractivity contribution is 0.478. The Morgan fingerprint density at radius 2 is 2.00 bits per heavy atom. The number of nitrogens with zero attached hydrogens (tertiary/aromatic N) is 1. The quantitative estimate of drug-likeness (QED) is 0.849. The second-order valence-electron chi connectivity index (χ2n) is 5.01. The molecule has 1 aromatic heterocycles. The van der Waals surface area contributed by atoms with Gasteiger partial charge in [0.1, 0.15) is 5.82 Å². The fourth-order valence-electron chi connectivity index (χ4n) is 2.60. The lowest BCUT2D eigenvalue weighted by atomic mass is 10.1. The third-order valence-corrected chi connectivity index (χ3v) is 3.61. The highest BCUT2D eigenvalue weighted by molar-refractivity contribution is 5.83. The summed E-state index contributed by atoms with van der Waals surface area (Å²) in [5.74, 6) is 1.01. The number of aryl methyl sites for hydroxylation is 1. The van der Waals surface area contributed by atoms with Crippen LogP contribution < -0.4 is 10.6 Å². The van der Waals surface area contributed by atoms with Crippen LogP contribution in [0, 0.1) is 6.92 Å². The average molecular weight is 241 g/mol. The van der Waals surface area contributed by atoms with E-state index in [0.717, 1.165) is 24.4 Å². The first-order valence-corrected chi connectivity index (χ1v) is 6.66. The predicted octanol–water partition coefficient (Wildman–Crippen LogP) is 2.71. The maximum absolute atomic E-state index is 4.70. The van der Waals surface area contributed by atoms with Crippen LogP contribution >= 0.6 is 0 Å². The first-order chi connectivity index (χ1) is 8.83. The van der Waals surface area contributed by atoms with Crippen LogP contribution in [0.5, 0.6) is 0 Å². The second kappa shape index (κ2) is 4.94. The number of aromatic nitrogens is 1. The largest absolute Gasteiger partial charge is 0.367 e. The van der Waals surface area contributed by atoms with Gasteiger partial charge in [-0.05, 0) is 50.6 Å². The molecule has 0 bridgehead atoms. The van der Waals surface area contributed by atoms with E-state index in [4.69, 9.17) is 4.98 Å². The zero-order valence-electron chi connectivity index (χ0n) is 10.7. The van der Waals surface area contributed by atoms with E-state index in [9.17, 15) is 0 Å². The van der Waals surface area contributed by atoms with Crippen molar-refractivity contribution in [2.75, 3.05) is 18.4 Å². The Morgan fingerprint density at radius 3 is 2.83 bits per heavy atom. The molecule has 3 rings (SSSR count). The van der Waals surface area contributed by atoms with Gasteiger partial charge < -0.3 is 10.6 Å². The van der Waals surface area contributed by atoms with E-state index in [2.05, 4.69) is 41.8 Å². The Kier molecular flexibility index (Phi) is 3.15. The monoisotopic (exact) mass is 241 g/mol. The molecule has 1 saturated heterocycles. The summed E-state index contributed by atoms with van der Waals surface area (Å²) in [6.07, 6.45) is 2.35. The molecule has 3 heteroatoms. The Balaban J connectivity index is 1.87. The average Bonchev–Trinajstić information content (AvgIpc) is 2.40. The summed E-state index contributed by atoms with van der Waals surface area (Å²) in [5, 5.41) is 8.19. The molecule has 1 fully saturated rings. The van der Waals surface area contributed by atoms with E-state index in [1.165, 1.54) is 23.8 Å². The molecule has 1 aliphatic rings. The van der Waals surface area contributed by atoms with Crippen molar-refractivity contribution in [2.24, 2.45) is 0 Å². The fourth-order valence-corrected chi connectivity index (χ4v) is 2.60. The van der Waals surface area contributed by atoms with E-state index in [0.29, 0.717) is 6.04 Å². The van der Waals surface area contributed by atoms with Crippen molar-refractivity contribution >= 4 is 16.7 Å². The number of hydrogen-bond acceptors (Lipinski definition) is 3. The van der Waals surface area contributed by atoms with Crippen LogP contribution in [0.3, 0.4) is 0 Å². The smallest absolute Gasteiger partial charge is 0.127 e. The first-order valence-electron chi connectivity index (χ1n) is 6.66. The lowest BCUT2D eigenvalue weighted by Gasteiger charge is -2.24. The van der Waals surface area contributed by atoms with Crippen LogP contribution in [0.25, 0.3) is 10.9 Å². The summed E-state index contributed by atoms with van der Waals surface area (Å²) in [6.45, 7) is 4.35. The van der Waals surface area contributed by atoms with Crippen molar-refractivity contribution in [1.29, 1.82) is 0 Å². The van der Waals surface area contributed by atoms with Gasteiger partial charge in [0.15, 0.2) is 0 Å². The summed E-state index contributed by atoms with van der Waals surface area (Å²) in [4.78, 5) is 4.70. The van der Waals surface area contributed by atoms with Crippen molar-refractivity contribution in [1.82, 2.24) is 10.3 Å². The molecule has 0 saturated carbocycles. The van der Waals surface area contributed by atoms with Gasteiger partial charge in [0.25, 0.3) is 0 Å². The van der Waals surface area contributed by atoms with Crippen LogP contribution in [0.1, 0.15) is 18.4 Å². The molecular formula is C15H19N3. The van der Waals surface area contributed by atoms with Gasteiger partial charge in [0.05, 0.1) is 5.52 Å². The van der Waals surface area contributed by atoms with E-state index in [1.807, 2.05) is 6.07 Å². The highest BCUT2D eigenvalue weighted by Crippen LogP contribution is 2.21. The molecule has 3 nitrogen and oxygen atoms in total. The van der Waals surface area contributed by atoms with Crippen LogP contribution in [0.2, 0.25) is 0 Å². The molecule has 0 radical (unpaired) electrons. The van der Waals surface area contributed by atoms with Crippen LogP contribution in [0.15, 0.2) is 30.3 Å². The lowest BCUT2D eigenvalue weighted by Crippen LogP contribution is -2.35. The minimum Gasteiger partial charge on any atom is -0.367 e. The van der Waals surface area contributed by atoms with Gasteiger partial charge >= 0.3 is 0 Å². The van der Waals surface area contributed by atoms with Crippen LogP contribution in [-0.4, -0.2) is 24.1 Å². The number of pyridine rings is 1. The zero-order chi connectivity index (χ0) is 12.4. The normalized spacial score (nSPS) is 16.9.